The topological polar surface area (TPSA) is 93.5 Å². The van der Waals surface area contributed by atoms with Gasteiger partial charge in [-0.25, -0.2) is 0 Å². The number of rotatable bonds is 6. The highest BCUT2D eigenvalue weighted by molar-refractivity contribution is 5.95. The van der Waals surface area contributed by atoms with Crippen molar-refractivity contribution in [1.29, 1.82) is 0 Å². The highest BCUT2D eigenvalue weighted by Gasteiger charge is 2.15. The van der Waals surface area contributed by atoms with Crippen molar-refractivity contribution in [2.75, 3.05) is 24.3 Å². The molecule has 0 aliphatic rings. The van der Waals surface area contributed by atoms with Crippen molar-refractivity contribution >= 4 is 35.6 Å². The normalized spacial score (nSPS) is 11.2. The minimum absolute atomic E-state index is 0. The van der Waals surface area contributed by atoms with E-state index in [1.54, 1.807) is 31.2 Å². The number of nitrogens with two attached hydrogens (primary N) is 1. The van der Waals surface area contributed by atoms with Crippen LogP contribution in [0.3, 0.4) is 0 Å². The van der Waals surface area contributed by atoms with E-state index in [-0.39, 0.29) is 30.8 Å². The molecular weight excluding hydrogens is 282 g/mol. The van der Waals surface area contributed by atoms with Crippen LogP contribution in [0, 0.1) is 0 Å². The minimum atomic E-state index is -0.667. The van der Waals surface area contributed by atoms with Gasteiger partial charge in [0, 0.05) is 31.5 Å². The van der Waals surface area contributed by atoms with Crippen LogP contribution < -0.4 is 16.4 Å². The van der Waals surface area contributed by atoms with E-state index < -0.39 is 6.10 Å². The smallest absolute Gasteiger partial charge is 0.254 e. The number of carbonyl (C=O) groups is 2. The Hall–Kier alpha value is -1.63. The fraction of sp³-hybridized carbons (Fsp3) is 0.385. The first kappa shape index (κ1) is 18.4. The number of ether oxygens (including phenoxy) is 1. The number of hydrogen-bond donors (Lipinski definition) is 3. The number of hydrogen-bond acceptors (Lipinski definition) is 4. The fourth-order valence-electron chi connectivity index (χ4n) is 1.42. The van der Waals surface area contributed by atoms with Crippen molar-refractivity contribution in [3.63, 3.8) is 0 Å². The predicted octanol–water partition coefficient (Wildman–Crippen LogP) is 1.37. The maximum atomic E-state index is 11.7. The first-order chi connectivity index (χ1) is 9.10. The van der Waals surface area contributed by atoms with Crippen LogP contribution in [0.15, 0.2) is 24.3 Å². The second-order valence-corrected chi connectivity index (χ2v) is 3.93. The van der Waals surface area contributed by atoms with E-state index in [1.165, 1.54) is 7.11 Å². The summed E-state index contributed by atoms with van der Waals surface area (Å²) in [5, 5.41) is 5.40. The highest BCUT2D eigenvalue weighted by Crippen LogP contribution is 2.14. The second-order valence-electron chi connectivity index (χ2n) is 3.93. The molecule has 4 N–H and O–H groups in total. The first-order valence-corrected chi connectivity index (χ1v) is 6.04. The van der Waals surface area contributed by atoms with E-state index in [0.29, 0.717) is 17.8 Å². The summed E-state index contributed by atoms with van der Waals surface area (Å²) in [6, 6.07) is 6.83. The molecule has 0 saturated carbocycles. The van der Waals surface area contributed by atoms with Gasteiger partial charge in [-0.2, -0.15) is 0 Å². The molecule has 0 spiro atoms. The molecule has 1 atom stereocenters. The lowest BCUT2D eigenvalue weighted by molar-refractivity contribution is -0.125. The van der Waals surface area contributed by atoms with Crippen LogP contribution in [0.2, 0.25) is 0 Å². The molecule has 0 aromatic heterocycles. The van der Waals surface area contributed by atoms with Gasteiger partial charge in [0.1, 0.15) is 6.10 Å². The van der Waals surface area contributed by atoms with Crippen LogP contribution >= 0.6 is 12.4 Å². The molecule has 0 fully saturated rings. The predicted molar refractivity (Wildman–Crippen MR) is 81.1 cm³/mol. The third-order valence-electron chi connectivity index (χ3n) is 2.55. The van der Waals surface area contributed by atoms with Gasteiger partial charge >= 0.3 is 0 Å². The monoisotopic (exact) mass is 301 g/mol. The molecule has 2 amide bonds. The van der Waals surface area contributed by atoms with Crippen LogP contribution in [-0.4, -0.2) is 31.6 Å². The van der Waals surface area contributed by atoms with Crippen molar-refractivity contribution in [2.24, 2.45) is 5.73 Å². The van der Waals surface area contributed by atoms with Gasteiger partial charge in [-0.15, -0.1) is 12.4 Å². The Kier molecular flexibility index (Phi) is 8.54. The standard InChI is InChI=1S/C13H19N3O3.ClH/c1-3-12(17)15-9-4-6-10(7-5-9)16-13(18)11(8-14)19-2;/h4-7,11H,3,8,14H2,1-2H3,(H,15,17)(H,16,18);1H. The molecule has 1 aromatic carbocycles. The van der Waals surface area contributed by atoms with Crippen LogP contribution in [0.25, 0.3) is 0 Å². The van der Waals surface area contributed by atoms with Crippen LogP contribution in [0.1, 0.15) is 13.3 Å². The maximum Gasteiger partial charge on any atom is 0.254 e. The Morgan fingerprint density at radius 1 is 1.20 bits per heavy atom. The molecule has 20 heavy (non-hydrogen) atoms. The number of halogens is 1. The first-order valence-electron chi connectivity index (χ1n) is 6.04. The number of nitrogens with one attached hydrogen (secondary N) is 2. The lowest BCUT2D eigenvalue weighted by Gasteiger charge is -2.13. The SMILES string of the molecule is CCC(=O)Nc1ccc(NC(=O)C(CN)OC)cc1.Cl. The van der Waals surface area contributed by atoms with E-state index >= 15 is 0 Å². The Morgan fingerprint density at radius 3 is 2.10 bits per heavy atom. The zero-order chi connectivity index (χ0) is 14.3. The molecule has 0 radical (unpaired) electrons. The van der Waals surface area contributed by atoms with Crippen molar-refractivity contribution in [3.05, 3.63) is 24.3 Å². The molecule has 1 unspecified atom stereocenters. The molecular formula is C13H20ClN3O3. The second kappa shape index (κ2) is 9.30. The third kappa shape index (κ3) is 5.56. The van der Waals surface area contributed by atoms with Gasteiger partial charge in [0.25, 0.3) is 5.91 Å². The molecule has 6 nitrogen and oxygen atoms in total. The highest BCUT2D eigenvalue weighted by atomic mass is 35.5. The van der Waals surface area contributed by atoms with Gasteiger partial charge in [-0.3, -0.25) is 9.59 Å². The van der Waals surface area contributed by atoms with Gasteiger partial charge < -0.3 is 21.1 Å². The number of benzene rings is 1. The lowest BCUT2D eigenvalue weighted by atomic mass is 10.2. The van der Waals surface area contributed by atoms with Crippen LogP contribution in [0.4, 0.5) is 11.4 Å². The third-order valence-corrected chi connectivity index (χ3v) is 2.55. The van der Waals surface area contributed by atoms with Crippen molar-refractivity contribution in [2.45, 2.75) is 19.4 Å². The number of anilines is 2. The number of amides is 2. The summed E-state index contributed by atoms with van der Waals surface area (Å²) in [4.78, 5) is 22.9. The molecule has 1 aromatic rings. The van der Waals surface area contributed by atoms with Crippen LogP contribution in [0.5, 0.6) is 0 Å². The Morgan fingerprint density at radius 2 is 1.70 bits per heavy atom. The molecule has 0 aliphatic carbocycles. The van der Waals surface area contributed by atoms with E-state index in [2.05, 4.69) is 10.6 Å². The molecule has 1 rings (SSSR count). The minimum Gasteiger partial charge on any atom is -0.370 e. The van der Waals surface area contributed by atoms with Crippen molar-refractivity contribution in [1.82, 2.24) is 0 Å². The van der Waals surface area contributed by atoms with E-state index in [0.717, 1.165) is 0 Å². The average Bonchev–Trinajstić information content (AvgIpc) is 2.42. The molecule has 7 heteroatoms. The molecule has 0 bridgehead atoms. The number of carbonyl (C=O) groups excluding carboxylic acids is 2. The summed E-state index contributed by atoms with van der Waals surface area (Å²) in [6.07, 6.45) is -0.246. The van der Waals surface area contributed by atoms with Gasteiger partial charge in [0.2, 0.25) is 5.91 Å². The largest absolute Gasteiger partial charge is 0.370 e. The van der Waals surface area contributed by atoms with E-state index in [4.69, 9.17) is 10.5 Å². The van der Waals surface area contributed by atoms with Crippen LogP contribution in [-0.2, 0) is 14.3 Å². The summed E-state index contributed by atoms with van der Waals surface area (Å²) in [6.45, 7) is 1.90. The zero-order valence-corrected chi connectivity index (χ0v) is 12.3. The van der Waals surface area contributed by atoms with Gasteiger partial charge in [-0.05, 0) is 24.3 Å². The van der Waals surface area contributed by atoms with Crippen molar-refractivity contribution in [3.8, 4) is 0 Å². The van der Waals surface area contributed by atoms with E-state index in [9.17, 15) is 9.59 Å². The number of methoxy groups -OCH3 is 1. The Bertz CT molecular complexity index is 433. The Balaban J connectivity index is 0.00000361. The Labute approximate surface area is 124 Å². The summed E-state index contributed by atoms with van der Waals surface area (Å²) < 4.78 is 4.93. The average molecular weight is 302 g/mol. The molecule has 0 heterocycles. The van der Waals surface area contributed by atoms with Gasteiger partial charge in [-0.1, -0.05) is 6.92 Å². The molecule has 112 valence electrons. The quantitative estimate of drug-likeness (QED) is 0.740. The lowest BCUT2D eigenvalue weighted by Crippen LogP contribution is -2.35. The maximum absolute atomic E-state index is 11.7. The van der Waals surface area contributed by atoms with Crippen molar-refractivity contribution < 1.29 is 14.3 Å². The van der Waals surface area contributed by atoms with Gasteiger partial charge in [0.15, 0.2) is 0 Å². The molecule has 0 saturated heterocycles. The fourth-order valence-corrected chi connectivity index (χ4v) is 1.42. The van der Waals surface area contributed by atoms with Gasteiger partial charge in [0.05, 0.1) is 0 Å². The summed E-state index contributed by atoms with van der Waals surface area (Å²) in [5.74, 6) is -0.352. The summed E-state index contributed by atoms with van der Waals surface area (Å²) >= 11 is 0. The summed E-state index contributed by atoms with van der Waals surface area (Å²) in [5.41, 5.74) is 6.71. The summed E-state index contributed by atoms with van der Waals surface area (Å²) in [7, 11) is 1.43. The molecule has 0 aliphatic heterocycles. The van der Waals surface area contributed by atoms with E-state index in [1.807, 2.05) is 0 Å². The zero-order valence-electron chi connectivity index (χ0n) is 11.5.